The van der Waals surface area contributed by atoms with Gasteiger partial charge in [-0.25, -0.2) is 4.79 Å². The van der Waals surface area contributed by atoms with Gasteiger partial charge in [-0.1, -0.05) is 38.5 Å². The van der Waals surface area contributed by atoms with E-state index in [1.54, 1.807) is 14.7 Å². The van der Waals surface area contributed by atoms with Crippen LogP contribution in [0.25, 0.3) is 0 Å². The van der Waals surface area contributed by atoms with Gasteiger partial charge in [0, 0.05) is 65.4 Å². The zero-order valence-corrected chi connectivity index (χ0v) is 28.1. The molecule has 0 spiro atoms. The standard InChI is InChI=1S/C31H58N6O9/c1-31(2,3)46-30(45)33-13-11-9-7-5-4-6-8-10-12-32-26(38)22-34-14-16-35(23-27(39)40)18-20-37(25-29(43)44)21-19-36(17-15-34)24-28(41)42/h4-25H2,1-3H3,(H,32,38)(H,33,45)(H,39,40)(H,41,42)(H,43,44). The fourth-order valence-electron chi connectivity index (χ4n) is 5.09. The Morgan fingerprint density at radius 2 is 0.826 bits per heavy atom. The number of rotatable bonds is 19. The minimum absolute atomic E-state index is 0.121. The van der Waals surface area contributed by atoms with E-state index in [1.165, 1.54) is 0 Å². The molecule has 0 radical (unpaired) electrons. The highest BCUT2D eigenvalue weighted by Crippen LogP contribution is 2.09. The van der Waals surface area contributed by atoms with E-state index in [9.17, 15) is 39.3 Å². The van der Waals surface area contributed by atoms with Gasteiger partial charge in [0.25, 0.3) is 0 Å². The Hall–Kier alpha value is -3.01. The summed E-state index contributed by atoms with van der Waals surface area (Å²) in [6, 6.07) is 0. The molecule has 5 N–H and O–H groups in total. The van der Waals surface area contributed by atoms with Gasteiger partial charge in [-0.15, -0.1) is 0 Å². The fourth-order valence-corrected chi connectivity index (χ4v) is 5.09. The van der Waals surface area contributed by atoms with Crippen molar-refractivity contribution in [1.29, 1.82) is 0 Å². The molecule has 0 aliphatic carbocycles. The molecule has 0 aromatic carbocycles. The first kappa shape index (κ1) is 41.0. The number of alkyl carbamates (subject to hydrolysis) is 1. The van der Waals surface area contributed by atoms with Gasteiger partial charge in [-0.05, 0) is 33.6 Å². The molecular formula is C31H58N6O9. The quantitative estimate of drug-likeness (QED) is 0.125. The van der Waals surface area contributed by atoms with E-state index >= 15 is 0 Å². The SMILES string of the molecule is CC(C)(C)OC(=O)NCCCCCCCCCCNC(=O)CN1CCN(CC(=O)O)CCN(CC(=O)O)CCN(CC(=O)O)CC1. The monoisotopic (exact) mass is 658 g/mol. The average Bonchev–Trinajstić information content (AvgIpc) is 2.93. The molecule has 0 aromatic heterocycles. The fraction of sp³-hybridized carbons (Fsp3) is 0.839. The summed E-state index contributed by atoms with van der Waals surface area (Å²) in [5, 5.41) is 33.8. The second-order valence-electron chi connectivity index (χ2n) is 12.9. The number of nitrogens with one attached hydrogen (secondary N) is 2. The second kappa shape index (κ2) is 23.3. The topological polar surface area (TPSA) is 192 Å². The van der Waals surface area contributed by atoms with Crippen LogP contribution in [0.5, 0.6) is 0 Å². The van der Waals surface area contributed by atoms with Crippen molar-refractivity contribution in [2.24, 2.45) is 0 Å². The molecule has 0 bridgehead atoms. The molecule has 2 amide bonds. The van der Waals surface area contributed by atoms with Crippen LogP contribution in [0, 0.1) is 0 Å². The summed E-state index contributed by atoms with van der Waals surface area (Å²) >= 11 is 0. The van der Waals surface area contributed by atoms with Gasteiger partial charge >= 0.3 is 24.0 Å². The van der Waals surface area contributed by atoms with Crippen LogP contribution in [0.3, 0.4) is 0 Å². The number of hydrogen-bond acceptors (Lipinski definition) is 10. The van der Waals surface area contributed by atoms with E-state index in [2.05, 4.69) is 10.6 Å². The molecule has 15 heteroatoms. The van der Waals surface area contributed by atoms with E-state index in [-0.39, 0.29) is 38.2 Å². The van der Waals surface area contributed by atoms with Gasteiger partial charge in [-0.2, -0.15) is 0 Å². The predicted molar refractivity (Wildman–Crippen MR) is 173 cm³/mol. The minimum atomic E-state index is -1.00. The van der Waals surface area contributed by atoms with Gasteiger partial charge < -0.3 is 30.7 Å². The number of carbonyl (C=O) groups excluding carboxylic acids is 2. The van der Waals surface area contributed by atoms with Crippen LogP contribution in [0.4, 0.5) is 4.79 Å². The van der Waals surface area contributed by atoms with Crippen LogP contribution in [-0.4, -0.2) is 162 Å². The molecule has 15 nitrogen and oxygen atoms in total. The van der Waals surface area contributed by atoms with E-state index in [4.69, 9.17) is 4.74 Å². The van der Waals surface area contributed by atoms with Crippen molar-refractivity contribution in [3.8, 4) is 0 Å². The van der Waals surface area contributed by atoms with Gasteiger partial charge in [-0.3, -0.25) is 38.8 Å². The zero-order valence-electron chi connectivity index (χ0n) is 28.1. The molecule has 46 heavy (non-hydrogen) atoms. The molecule has 1 saturated heterocycles. The Morgan fingerprint density at radius 1 is 0.522 bits per heavy atom. The lowest BCUT2D eigenvalue weighted by Gasteiger charge is -2.32. The average molecular weight is 659 g/mol. The van der Waals surface area contributed by atoms with Crippen LogP contribution in [-0.2, 0) is 23.9 Å². The molecule has 1 aliphatic heterocycles. The number of unbranched alkanes of at least 4 members (excludes halogenated alkanes) is 7. The van der Waals surface area contributed by atoms with E-state index in [0.717, 1.165) is 51.4 Å². The summed E-state index contributed by atoms with van der Waals surface area (Å²) in [6.45, 7) is 9.11. The van der Waals surface area contributed by atoms with Gasteiger partial charge in [0.05, 0.1) is 26.2 Å². The Kier molecular flexibility index (Phi) is 20.8. The van der Waals surface area contributed by atoms with E-state index < -0.39 is 23.5 Å². The van der Waals surface area contributed by atoms with Gasteiger partial charge in [0.15, 0.2) is 0 Å². The first-order valence-electron chi connectivity index (χ1n) is 16.5. The molecule has 1 heterocycles. The molecule has 1 aliphatic rings. The number of aliphatic carboxylic acids is 3. The molecule has 0 saturated carbocycles. The maximum absolute atomic E-state index is 12.8. The zero-order chi connectivity index (χ0) is 34.4. The normalized spacial score (nSPS) is 16.6. The summed E-state index contributed by atoms with van der Waals surface area (Å²) < 4.78 is 5.22. The minimum Gasteiger partial charge on any atom is -0.480 e. The third-order valence-corrected chi connectivity index (χ3v) is 7.47. The van der Waals surface area contributed by atoms with Crippen molar-refractivity contribution in [2.75, 3.05) is 91.6 Å². The summed E-state index contributed by atoms with van der Waals surface area (Å²) in [5.74, 6) is -3.10. The highest BCUT2D eigenvalue weighted by Gasteiger charge is 2.21. The predicted octanol–water partition coefficient (Wildman–Crippen LogP) is 1.22. The number of ether oxygens (including phenoxy) is 1. The Labute approximate surface area is 273 Å². The molecule has 0 unspecified atom stereocenters. The van der Waals surface area contributed by atoms with Crippen LogP contribution >= 0.6 is 0 Å². The third-order valence-electron chi connectivity index (χ3n) is 7.47. The summed E-state index contributed by atoms with van der Waals surface area (Å²) in [7, 11) is 0. The smallest absolute Gasteiger partial charge is 0.407 e. The van der Waals surface area contributed by atoms with Crippen molar-refractivity contribution in [1.82, 2.24) is 30.2 Å². The molecule has 266 valence electrons. The van der Waals surface area contributed by atoms with Crippen molar-refractivity contribution in [3.63, 3.8) is 0 Å². The Balaban J connectivity index is 2.41. The summed E-state index contributed by atoms with van der Waals surface area (Å²) in [5.41, 5.74) is -0.491. The van der Waals surface area contributed by atoms with E-state index in [0.29, 0.717) is 65.4 Å². The molecule has 0 atom stereocenters. The summed E-state index contributed by atoms with van der Waals surface area (Å²) in [4.78, 5) is 65.7. The van der Waals surface area contributed by atoms with Crippen LogP contribution in [0.1, 0.15) is 72.1 Å². The number of nitrogens with zero attached hydrogens (tertiary/aromatic N) is 4. The van der Waals surface area contributed by atoms with Crippen LogP contribution in [0.15, 0.2) is 0 Å². The van der Waals surface area contributed by atoms with Crippen molar-refractivity contribution >= 4 is 29.9 Å². The first-order valence-corrected chi connectivity index (χ1v) is 16.5. The van der Waals surface area contributed by atoms with Gasteiger partial charge in [0.1, 0.15) is 5.60 Å². The summed E-state index contributed by atoms with van der Waals surface area (Å²) in [6.07, 6.45) is 7.91. The number of carboxylic acids is 3. The molecule has 1 rings (SSSR count). The van der Waals surface area contributed by atoms with Crippen LogP contribution in [0.2, 0.25) is 0 Å². The third kappa shape index (κ3) is 23.3. The number of hydrogen-bond donors (Lipinski definition) is 5. The van der Waals surface area contributed by atoms with Gasteiger partial charge in [0.2, 0.25) is 5.91 Å². The largest absolute Gasteiger partial charge is 0.480 e. The highest BCUT2D eigenvalue weighted by atomic mass is 16.6. The highest BCUT2D eigenvalue weighted by molar-refractivity contribution is 5.78. The first-order chi connectivity index (χ1) is 21.7. The lowest BCUT2D eigenvalue weighted by molar-refractivity contribution is -0.140. The maximum atomic E-state index is 12.8. The number of amides is 2. The maximum Gasteiger partial charge on any atom is 0.407 e. The van der Waals surface area contributed by atoms with Crippen LogP contribution < -0.4 is 10.6 Å². The lowest BCUT2D eigenvalue weighted by Crippen LogP contribution is -2.49. The number of carboxylic acid groups (broad SMARTS) is 3. The lowest BCUT2D eigenvalue weighted by atomic mass is 10.1. The molecular weight excluding hydrogens is 600 g/mol. The van der Waals surface area contributed by atoms with Crippen molar-refractivity contribution in [2.45, 2.75) is 77.7 Å². The second-order valence-corrected chi connectivity index (χ2v) is 12.9. The Morgan fingerprint density at radius 3 is 1.15 bits per heavy atom. The number of carbonyl (C=O) groups is 5. The van der Waals surface area contributed by atoms with Crippen molar-refractivity contribution < 1.29 is 44.0 Å². The molecule has 0 aromatic rings. The molecule has 1 fully saturated rings. The Bertz CT molecular complexity index is 899. The van der Waals surface area contributed by atoms with E-state index in [1.807, 2.05) is 25.7 Å². The van der Waals surface area contributed by atoms with Crippen molar-refractivity contribution in [3.05, 3.63) is 0 Å².